The third kappa shape index (κ3) is 5.88. The number of amides is 1. The highest BCUT2D eigenvalue weighted by Crippen LogP contribution is 2.28. The van der Waals surface area contributed by atoms with Crippen molar-refractivity contribution in [3.8, 4) is 11.5 Å². The van der Waals surface area contributed by atoms with E-state index in [0.717, 1.165) is 5.69 Å². The lowest BCUT2D eigenvalue weighted by atomic mass is 10.2. The Morgan fingerprint density at radius 3 is 2.30 bits per heavy atom. The zero-order valence-electron chi connectivity index (χ0n) is 15.4. The summed E-state index contributed by atoms with van der Waals surface area (Å²) in [5.74, 6) is 0.927. The molecule has 0 unspecified atom stereocenters. The normalized spacial score (nSPS) is 10.1. The maximum atomic E-state index is 12.3. The minimum atomic E-state index is -0.447. The molecule has 0 heterocycles. The summed E-state index contributed by atoms with van der Waals surface area (Å²) in [4.78, 5) is 22.5. The van der Waals surface area contributed by atoms with Gasteiger partial charge in [-0.2, -0.15) is 0 Å². The molecular weight excluding hydrogens is 350 g/mol. The molecule has 8 nitrogen and oxygen atoms in total. The average Bonchev–Trinajstić information content (AvgIpc) is 2.67. The summed E-state index contributed by atoms with van der Waals surface area (Å²) in [6.45, 7) is 5.62. The first-order chi connectivity index (χ1) is 13.0. The van der Waals surface area contributed by atoms with E-state index in [2.05, 4.69) is 10.6 Å². The smallest absolute Gasteiger partial charge is 0.269 e. The average molecular weight is 373 g/mol. The van der Waals surface area contributed by atoms with E-state index in [-0.39, 0.29) is 11.6 Å². The lowest BCUT2D eigenvalue weighted by Crippen LogP contribution is -2.28. The quantitative estimate of drug-likeness (QED) is 0.376. The number of carbonyl (C=O) groups excluding carboxylic acids is 1. The van der Waals surface area contributed by atoms with E-state index in [1.807, 2.05) is 13.8 Å². The van der Waals surface area contributed by atoms with E-state index < -0.39 is 4.92 Å². The van der Waals surface area contributed by atoms with E-state index in [1.54, 1.807) is 30.3 Å². The number of non-ortho nitro benzene ring substituents is 1. The van der Waals surface area contributed by atoms with Gasteiger partial charge in [-0.3, -0.25) is 14.9 Å². The number of hydrogen-bond acceptors (Lipinski definition) is 6. The Kier molecular flexibility index (Phi) is 7.42. The number of nitrogens with zero attached hydrogens (tertiary/aromatic N) is 1. The van der Waals surface area contributed by atoms with E-state index in [4.69, 9.17) is 9.47 Å². The lowest BCUT2D eigenvalue weighted by Gasteiger charge is -2.13. The summed E-state index contributed by atoms with van der Waals surface area (Å²) in [5.41, 5.74) is 1.27. The first-order valence-electron chi connectivity index (χ1n) is 8.71. The Hall–Kier alpha value is -3.29. The standard InChI is InChI=1S/C19H23N3O5/c1-3-26-17-10-5-14(13-18(17)27-4-2)19(23)21-12-11-20-15-6-8-16(9-7-15)22(24)25/h5-10,13,20H,3-4,11-12H2,1-2H3,(H,21,23). The Bertz CT molecular complexity index is 777. The molecule has 2 rings (SSSR count). The molecule has 0 atom stereocenters. The summed E-state index contributed by atoms with van der Waals surface area (Å²) in [7, 11) is 0. The topological polar surface area (TPSA) is 103 Å². The van der Waals surface area contributed by atoms with Gasteiger partial charge in [0.25, 0.3) is 11.6 Å². The third-order valence-corrected chi connectivity index (χ3v) is 3.62. The van der Waals surface area contributed by atoms with Gasteiger partial charge < -0.3 is 20.1 Å². The van der Waals surface area contributed by atoms with Gasteiger partial charge in [-0.05, 0) is 44.2 Å². The van der Waals surface area contributed by atoms with Crippen LogP contribution in [0.1, 0.15) is 24.2 Å². The molecule has 0 radical (unpaired) electrons. The van der Waals surface area contributed by atoms with Crippen molar-refractivity contribution < 1.29 is 19.2 Å². The van der Waals surface area contributed by atoms with Crippen LogP contribution in [0, 0.1) is 10.1 Å². The van der Waals surface area contributed by atoms with Gasteiger partial charge in [0.2, 0.25) is 0 Å². The van der Waals surface area contributed by atoms with Crippen molar-refractivity contribution in [2.75, 3.05) is 31.6 Å². The molecule has 0 saturated carbocycles. The van der Waals surface area contributed by atoms with Gasteiger partial charge >= 0.3 is 0 Å². The highest BCUT2D eigenvalue weighted by Gasteiger charge is 2.11. The Labute approximate surface area is 157 Å². The van der Waals surface area contributed by atoms with Gasteiger partial charge in [0.15, 0.2) is 11.5 Å². The SMILES string of the molecule is CCOc1ccc(C(=O)NCCNc2ccc([N+](=O)[O-])cc2)cc1OCC. The fraction of sp³-hybridized carbons (Fsp3) is 0.316. The number of rotatable bonds is 10. The summed E-state index contributed by atoms with van der Waals surface area (Å²) < 4.78 is 11.0. The predicted octanol–water partition coefficient (Wildman–Crippen LogP) is 3.23. The fourth-order valence-corrected chi connectivity index (χ4v) is 2.38. The molecule has 0 spiro atoms. The number of benzene rings is 2. The third-order valence-electron chi connectivity index (χ3n) is 3.62. The molecule has 2 aromatic rings. The number of nitro benzene ring substituents is 1. The maximum absolute atomic E-state index is 12.3. The number of nitro groups is 1. The summed E-state index contributed by atoms with van der Waals surface area (Å²) in [5, 5.41) is 16.5. The number of ether oxygens (including phenoxy) is 2. The van der Waals surface area contributed by atoms with Crippen LogP contribution < -0.4 is 20.1 Å². The van der Waals surface area contributed by atoms with Crippen molar-refractivity contribution in [3.63, 3.8) is 0 Å². The van der Waals surface area contributed by atoms with Crippen LogP contribution >= 0.6 is 0 Å². The van der Waals surface area contributed by atoms with Gasteiger partial charge in [0.1, 0.15) is 0 Å². The summed E-state index contributed by atoms with van der Waals surface area (Å²) in [6.07, 6.45) is 0. The Morgan fingerprint density at radius 2 is 1.67 bits per heavy atom. The van der Waals surface area contributed by atoms with Gasteiger partial charge in [-0.1, -0.05) is 0 Å². The van der Waals surface area contributed by atoms with Crippen molar-refractivity contribution in [3.05, 3.63) is 58.1 Å². The molecule has 2 aromatic carbocycles. The van der Waals surface area contributed by atoms with Gasteiger partial charge in [-0.25, -0.2) is 0 Å². The molecule has 0 saturated heterocycles. The molecule has 0 bridgehead atoms. The molecule has 144 valence electrons. The molecule has 0 aliphatic heterocycles. The number of anilines is 1. The second-order valence-electron chi connectivity index (χ2n) is 5.51. The molecule has 8 heteroatoms. The molecular formula is C19H23N3O5. The molecule has 0 aliphatic carbocycles. The molecule has 0 fully saturated rings. The van der Waals surface area contributed by atoms with Crippen LogP contribution in [-0.2, 0) is 0 Å². The van der Waals surface area contributed by atoms with Crippen molar-refractivity contribution in [1.82, 2.24) is 5.32 Å². The van der Waals surface area contributed by atoms with Crippen molar-refractivity contribution >= 4 is 17.3 Å². The van der Waals surface area contributed by atoms with Crippen LogP contribution in [0.4, 0.5) is 11.4 Å². The number of hydrogen-bond donors (Lipinski definition) is 2. The molecule has 1 amide bonds. The minimum absolute atomic E-state index is 0.0365. The second-order valence-corrected chi connectivity index (χ2v) is 5.51. The van der Waals surface area contributed by atoms with Gasteiger partial charge in [-0.15, -0.1) is 0 Å². The number of carbonyl (C=O) groups is 1. The number of nitrogens with one attached hydrogen (secondary N) is 2. The highest BCUT2D eigenvalue weighted by molar-refractivity contribution is 5.94. The van der Waals surface area contributed by atoms with Crippen LogP contribution in [-0.4, -0.2) is 37.1 Å². The van der Waals surface area contributed by atoms with Crippen LogP contribution in [0.25, 0.3) is 0 Å². The zero-order chi connectivity index (χ0) is 19.6. The zero-order valence-corrected chi connectivity index (χ0v) is 15.4. The minimum Gasteiger partial charge on any atom is -0.490 e. The van der Waals surface area contributed by atoms with E-state index in [9.17, 15) is 14.9 Å². The van der Waals surface area contributed by atoms with Crippen LogP contribution in [0.15, 0.2) is 42.5 Å². The Balaban J connectivity index is 1.86. The second kappa shape index (κ2) is 10.0. The molecule has 27 heavy (non-hydrogen) atoms. The highest BCUT2D eigenvalue weighted by atomic mass is 16.6. The largest absolute Gasteiger partial charge is 0.490 e. The molecule has 2 N–H and O–H groups in total. The lowest BCUT2D eigenvalue weighted by molar-refractivity contribution is -0.384. The van der Waals surface area contributed by atoms with Crippen LogP contribution in [0.5, 0.6) is 11.5 Å². The van der Waals surface area contributed by atoms with E-state index >= 15 is 0 Å². The molecule has 0 aliphatic rings. The summed E-state index contributed by atoms with van der Waals surface area (Å²) >= 11 is 0. The first-order valence-corrected chi connectivity index (χ1v) is 8.71. The predicted molar refractivity (Wildman–Crippen MR) is 103 cm³/mol. The van der Waals surface area contributed by atoms with E-state index in [0.29, 0.717) is 43.4 Å². The van der Waals surface area contributed by atoms with E-state index in [1.165, 1.54) is 12.1 Å². The monoisotopic (exact) mass is 373 g/mol. The summed E-state index contributed by atoms with van der Waals surface area (Å²) in [6, 6.07) is 11.2. The van der Waals surface area contributed by atoms with Crippen molar-refractivity contribution in [2.24, 2.45) is 0 Å². The molecule has 0 aromatic heterocycles. The Morgan fingerprint density at radius 1 is 1.00 bits per heavy atom. The van der Waals surface area contributed by atoms with Crippen LogP contribution in [0.2, 0.25) is 0 Å². The van der Waals surface area contributed by atoms with Crippen molar-refractivity contribution in [2.45, 2.75) is 13.8 Å². The maximum Gasteiger partial charge on any atom is 0.269 e. The van der Waals surface area contributed by atoms with Crippen LogP contribution in [0.3, 0.4) is 0 Å². The van der Waals surface area contributed by atoms with Gasteiger partial charge in [0.05, 0.1) is 18.1 Å². The van der Waals surface area contributed by atoms with Crippen molar-refractivity contribution in [1.29, 1.82) is 0 Å². The van der Waals surface area contributed by atoms with Gasteiger partial charge in [0, 0.05) is 36.5 Å². The fourth-order valence-electron chi connectivity index (χ4n) is 2.38. The first kappa shape index (κ1) is 20.0.